The second-order valence-corrected chi connectivity index (χ2v) is 4.60. The monoisotopic (exact) mass is 264 g/mol. The number of urea groups is 1. The Labute approximate surface area is 113 Å². The first-order valence-corrected chi connectivity index (χ1v) is 6.26. The zero-order valence-corrected chi connectivity index (χ0v) is 11.5. The molecule has 0 saturated heterocycles. The molecule has 1 aromatic rings. The Balaban J connectivity index is 2.61. The van der Waals surface area contributed by atoms with Crippen molar-refractivity contribution in [3.63, 3.8) is 0 Å². The minimum atomic E-state index is -0.474. The van der Waals surface area contributed by atoms with Crippen LogP contribution >= 0.6 is 0 Å². The maximum Gasteiger partial charge on any atom is 0.339 e. The van der Waals surface area contributed by atoms with E-state index in [9.17, 15) is 9.59 Å². The van der Waals surface area contributed by atoms with Crippen molar-refractivity contribution >= 4 is 17.7 Å². The molecule has 0 bridgehead atoms. The summed E-state index contributed by atoms with van der Waals surface area (Å²) in [4.78, 5) is 23.2. The number of anilines is 1. The topological polar surface area (TPSA) is 67.4 Å². The molecule has 0 aliphatic heterocycles. The van der Waals surface area contributed by atoms with E-state index in [2.05, 4.69) is 29.2 Å². The van der Waals surface area contributed by atoms with Crippen LogP contribution in [0.3, 0.4) is 0 Å². The van der Waals surface area contributed by atoms with Gasteiger partial charge in [0.15, 0.2) is 0 Å². The number of carbonyl (C=O) groups excluding carboxylic acids is 2. The number of para-hydroxylation sites is 1. The summed E-state index contributed by atoms with van der Waals surface area (Å²) < 4.78 is 4.66. The van der Waals surface area contributed by atoms with Crippen LogP contribution in [-0.2, 0) is 4.74 Å². The van der Waals surface area contributed by atoms with Gasteiger partial charge in [-0.15, -0.1) is 0 Å². The van der Waals surface area contributed by atoms with Gasteiger partial charge in [-0.2, -0.15) is 0 Å². The molecular weight excluding hydrogens is 244 g/mol. The second kappa shape index (κ2) is 7.41. The fourth-order valence-corrected chi connectivity index (χ4v) is 1.52. The zero-order chi connectivity index (χ0) is 14.3. The second-order valence-electron chi connectivity index (χ2n) is 4.60. The number of hydrogen-bond acceptors (Lipinski definition) is 3. The van der Waals surface area contributed by atoms with E-state index in [1.54, 1.807) is 24.3 Å². The molecule has 0 aromatic heterocycles. The van der Waals surface area contributed by atoms with Crippen LogP contribution in [0.25, 0.3) is 0 Å². The van der Waals surface area contributed by atoms with Crippen LogP contribution in [0.15, 0.2) is 24.3 Å². The molecule has 2 N–H and O–H groups in total. The maximum atomic E-state index is 11.7. The summed E-state index contributed by atoms with van der Waals surface area (Å²) in [6, 6.07) is 6.41. The summed E-state index contributed by atoms with van der Waals surface area (Å²) in [7, 11) is 1.31. The first-order valence-electron chi connectivity index (χ1n) is 6.26. The van der Waals surface area contributed by atoms with Crippen LogP contribution in [0.2, 0.25) is 0 Å². The highest BCUT2D eigenvalue weighted by atomic mass is 16.5. The van der Waals surface area contributed by atoms with Crippen LogP contribution in [0.4, 0.5) is 10.5 Å². The van der Waals surface area contributed by atoms with Gasteiger partial charge < -0.3 is 15.4 Å². The predicted molar refractivity (Wildman–Crippen MR) is 74.3 cm³/mol. The summed E-state index contributed by atoms with van der Waals surface area (Å²) in [6.45, 7) is 4.78. The van der Waals surface area contributed by atoms with Crippen molar-refractivity contribution in [3.8, 4) is 0 Å². The number of amides is 2. The third-order valence-electron chi connectivity index (χ3n) is 2.59. The van der Waals surface area contributed by atoms with Gasteiger partial charge in [0.05, 0.1) is 18.4 Å². The lowest BCUT2D eigenvalue weighted by Gasteiger charge is -2.11. The lowest BCUT2D eigenvalue weighted by atomic mass is 10.1. The number of nitrogens with one attached hydrogen (secondary N) is 2. The Kier molecular flexibility index (Phi) is 5.85. The van der Waals surface area contributed by atoms with Crippen molar-refractivity contribution in [1.82, 2.24) is 5.32 Å². The number of carbonyl (C=O) groups is 2. The molecule has 5 heteroatoms. The highest BCUT2D eigenvalue weighted by Gasteiger charge is 2.12. The number of esters is 1. The van der Waals surface area contributed by atoms with Crippen LogP contribution in [0, 0.1) is 5.92 Å². The SMILES string of the molecule is COC(=O)c1ccccc1NC(=O)NCCC(C)C. The Morgan fingerprint density at radius 3 is 2.58 bits per heavy atom. The summed E-state index contributed by atoms with van der Waals surface area (Å²) in [6.07, 6.45) is 0.909. The summed E-state index contributed by atoms with van der Waals surface area (Å²) in [5.74, 6) is 0.0562. The van der Waals surface area contributed by atoms with Gasteiger partial charge in [-0.05, 0) is 24.5 Å². The molecule has 1 rings (SSSR count). The fraction of sp³-hybridized carbons (Fsp3) is 0.429. The molecule has 1 aromatic carbocycles. The molecule has 2 amide bonds. The van der Waals surface area contributed by atoms with Gasteiger partial charge in [0.25, 0.3) is 0 Å². The summed E-state index contributed by atoms with van der Waals surface area (Å²) in [5.41, 5.74) is 0.778. The Morgan fingerprint density at radius 2 is 1.95 bits per heavy atom. The van der Waals surface area contributed by atoms with Gasteiger partial charge in [-0.1, -0.05) is 26.0 Å². The molecule has 0 atom stereocenters. The standard InChI is InChI=1S/C14H20N2O3/c1-10(2)8-9-15-14(18)16-12-7-5-4-6-11(12)13(17)19-3/h4-7,10H,8-9H2,1-3H3,(H2,15,16,18). The van der Waals surface area contributed by atoms with Crippen molar-refractivity contribution < 1.29 is 14.3 Å². The van der Waals surface area contributed by atoms with Crippen molar-refractivity contribution in [1.29, 1.82) is 0 Å². The van der Waals surface area contributed by atoms with E-state index in [1.165, 1.54) is 7.11 Å². The number of hydrogen-bond donors (Lipinski definition) is 2. The van der Waals surface area contributed by atoms with Crippen molar-refractivity contribution in [2.45, 2.75) is 20.3 Å². The Hall–Kier alpha value is -2.04. The van der Waals surface area contributed by atoms with Gasteiger partial charge in [-0.25, -0.2) is 9.59 Å². The van der Waals surface area contributed by atoms with Gasteiger partial charge in [0.2, 0.25) is 0 Å². The normalized spacial score (nSPS) is 10.1. The third-order valence-corrected chi connectivity index (χ3v) is 2.59. The molecule has 0 aliphatic rings. The predicted octanol–water partition coefficient (Wildman–Crippen LogP) is 2.64. The largest absolute Gasteiger partial charge is 0.465 e. The average molecular weight is 264 g/mol. The van der Waals surface area contributed by atoms with E-state index in [1.807, 2.05) is 0 Å². The summed E-state index contributed by atoms with van der Waals surface area (Å²) >= 11 is 0. The van der Waals surface area contributed by atoms with Gasteiger partial charge in [0.1, 0.15) is 0 Å². The highest BCUT2D eigenvalue weighted by molar-refractivity contribution is 6.00. The average Bonchev–Trinajstić information content (AvgIpc) is 2.38. The van der Waals surface area contributed by atoms with Gasteiger partial charge >= 0.3 is 12.0 Å². The lowest BCUT2D eigenvalue weighted by molar-refractivity contribution is 0.0602. The molecule has 5 nitrogen and oxygen atoms in total. The van der Waals surface area contributed by atoms with Gasteiger partial charge in [-0.3, -0.25) is 0 Å². The molecule has 0 spiro atoms. The van der Waals surface area contributed by atoms with Crippen LogP contribution in [0.1, 0.15) is 30.6 Å². The molecule has 0 unspecified atom stereocenters. The third kappa shape index (κ3) is 4.99. The van der Waals surface area contributed by atoms with E-state index in [0.717, 1.165) is 6.42 Å². The van der Waals surface area contributed by atoms with Crippen molar-refractivity contribution in [2.24, 2.45) is 5.92 Å². The zero-order valence-electron chi connectivity index (χ0n) is 11.5. The minimum Gasteiger partial charge on any atom is -0.465 e. The van der Waals surface area contributed by atoms with Crippen LogP contribution in [0.5, 0.6) is 0 Å². The van der Waals surface area contributed by atoms with E-state index >= 15 is 0 Å². The minimum absolute atomic E-state index is 0.322. The number of rotatable bonds is 5. The highest BCUT2D eigenvalue weighted by Crippen LogP contribution is 2.15. The van der Waals surface area contributed by atoms with E-state index < -0.39 is 5.97 Å². The number of methoxy groups -OCH3 is 1. The van der Waals surface area contributed by atoms with E-state index in [0.29, 0.717) is 23.7 Å². The quantitative estimate of drug-likeness (QED) is 0.803. The fourth-order valence-electron chi connectivity index (χ4n) is 1.52. The Bertz CT molecular complexity index is 444. The molecule has 19 heavy (non-hydrogen) atoms. The first-order chi connectivity index (χ1) is 9.04. The lowest BCUT2D eigenvalue weighted by Crippen LogP contribution is -2.30. The molecule has 0 heterocycles. The van der Waals surface area contributed by atoms with E-state index in [4.69, 9.17) is 0 Å². The summed E-state index contributed by atoms with van der Waals surface area (Å²) in [5, 5.41) is 5.39. The maximum absolute atomic E-state index is 11.7. The van der Waals surface area contributed by atoms with Crippen molar-refractivity contribution in [2.75, 3.05) is 19.0 Å². The molecule has 0 saturated carbocycles. The molecule has 104 valence electrons. The van der Waals surface area contributed by atoms with Crippen molar-refractivity contribution in [3.05, 3.63) is 29.8 Å². The molecule has 0 radical (unpaired) electrons. The molecule has 0 fully saturated rings. The number of benzene rings is 1. The van der Waals surface area contributed by atoms with Crippen LogP contribution < -0.4 is 10.6 Å². The van der Waals surface area contributed by atoms with Gasteiger partial charge in [0, 0.05) is 6.54 Å². The van der Waals surface area contributed by atoms with Crippen LogP contribution in [-0.4, -0.2) is 25.7 Å². The first kappa shape index (κ1) is 15.0. The molecule has 0 aliphatic carbocycles. The molecular formula is C14H20N2O3. The number of ether oxygens (including phenoxy) is 1. The smallest absolute Gasteiger partial charge is 0.339 e. The van der Waals surface area contributed by atoms with E-state index in [-0.39, 0.29) is 6.03 Å². The Morgan fingerprint density at radius 1 is 1.26 bits per heavy atom.